The van der Waals surface area contributed by atoms with Gasteiger partial charge in [-0.2, -0.15) is 0 Å². The van der Waals surface area contributed by atoms with E-state index in [9.17, 15) is 9.50 Å². The van der Waals surface area contributed by atoms with Crippen molar-refractivity contribution in [3.8, 4) is 0 Å². The fourth-order valence-corrected chi connectivity index (χ4v) is 1.62. The van der Waals surface area contributed by atoms with Crippen LogP contribution in [0.4, 0.5) is 4.39 Å². The van der Waals surface area contributed by atoms with Crippen molar-refractivity contribution in [2.75, 3.05) is 0 Å². The Kier molecular flexibility index (Phi) is 1.88. The largest absolute Gasteiger partial charge is 0.390 e. The predicted octanol–water partition coefficient (Wildman–Crippen LogP) is 2.20. The molecule has 0 amide bonds. The van der Waals surface area contributed by atoms with E-state index < -0.39 is 5.60 Å². The van der Waals surface area contributed by atoms with E-state index in [2.05, 4.69) is 0 Å². The van der Waals surface area contributed by atoms with Crippen LogP contribution in [0.3, 0.4) is 0 Å². The normalized spacial score (nSPS) is 18.7. The molecule has 0 heterocycles. The summed E-state index contributed by atoms with van der Waals surface area (Å²) in [4.78, 5) is 0. The first-order valence-corrected chi connectivity index (χ1v) is 4.56. The lowest BCUT2D eigenvalue weighted by Crippen LogP contribution is -2.10. The van der Waals surface area contributed by atoms with Crippen LogP contribution < -0.4 is 0 Å². The molecule has 1 saturated carbocycles. The number of aliphatic hydroxyl groups is 1. The van der Waals surface area contributed by atoms with Gasteiger partial charge in [-0.05, 0) is 43.0 Å². The maximum Gasteiger partial charge on any atom is 0.123 e. The van der Waals surface area contributed by atoms with Crippen molar-refractivity contribution >= 4 is 0 Å². The Morgan fingerprint density at radius 3 is 2.62 bits per heavy atom. The second-order valence-corrected chi connectivity index (χ2v) is 4.04. The molecule has 13 heavy (non-hydrogen) atoms. The van der Waals surface area contributed by atoms with Crippen LogP contribution >= 0.6 is 0 Å². The molecule has 0 saturated heterocycles. The molecule has 1 N–H and O–H groups in total. The van der Waals surface area contributed by atoms with E-state index in [1.165, 1.54) is 12.1 Å². The Labute approximate surface area is 77.2 Å². The number of benzene rings is 1. The Balaban J connectivity index is 2.20. The third-order valence-electron chi connectivity index (χ3n) is 2.46. The van der Waals surface area contributed by atoms with E-state index in [-0.39, 0.29) is 5.82 Å². The molecule has 0 aliphatic heterocycles. The molecule has 2 rings (SSSR count). The zero-order valence-corrected chi connectivity index (χ0v) is 7.68. The molecule has 1 aliphatic carbocycles. The van der Waals surface area contributed by atoms with E-state index in [1.807, 2.05) is 13.0 Å². The molecule has 0 bridgehead atoms. The predicted molar refractivity (Wildman–Crippen MR) is 49.0 cm³/mol. The van der Waals surface area contributed by atoms with Crippen molar-refractivity contribution in [2.45, 2.75) is 31.8 Å². The average molecular weight is 180 g/mol. The van der Waals surface area contributed by atoms with Gasteiger partial charge in [0, 0.05) is 6.42 Å². The molecule has 0 aromatic heterocycles. The highest BCUT2D eigenvalue weighted by molar-refractivity contribution is 5.26. The SMILES string of the molecule is Cc1cc(F)cc(CC2(O)CC2)c1. The molecule has 0 unspecified atom stereocenters. The lowest BCUT2D eigenvalue weighted by molar-refractivity contribution is 0.151. The number of hydrogen-bond donors (Lipinski definition) is 1. The minimum absolute atomic E-state index is 0.209. The summed E-state index contributed by atoms with van der Waals surface area (Å²) in [6, 6.07) is 4.93. The van der Waals surface area contributed by atoms with Gasteiger partial charge in [-0.3, -0.25) is 0 Å². The lowest BCUT2D eigenvalue weighted by atomic mass is 10.0. The molecular formula is C11H13FO. The van der Waals surface area contributed by atoms with Crippen molar-refractivity contribution in [1.82, 2.24) is 0 Å². The number of rotatable bonds is 2. The monoisotopic (exact) mass is 180 g/mol. The first-order valence-electron chi connectivity index (χ1n) is 4.56. The van der Waals surface area contributed by atoms with Gasteiger partial charge in [0.05, 0.1) is 5.60 Å². The Bertz CT molecular complexity index is 309. The van der Waals surface area contributed by atoms with Gasteiger partial charge in [0.1, 0.15) is 5.82 Å². The first-order chi connectivity index (χ1) is 6.07. The summed E-state index contributed by atoms with van der Waals surface area (Å²) in [5.41, 5.74) is 1.29. The van der Waals surface area contributed by atoms with Gasteiger partial charge in [-0.1, -0.05) is 6.07 Å². The Hall–Kier alpha value is -0.890. The molecule has 0 radical (unpaired) electrons. The van der Waals surface area contributed by atoms with Crippen LogP contribution in [-0.4, -0.2) is 10.7 Å². The van der Waals surface area contributed by atoms with Gasteiger partial charge >= 0.3 is 0 Å². The highest BCUT2D eigenvalue weighted by atomic mass is 19.1. The maximum absolute atomic E-state index is 12.9. The summed E-state index contributed by atoms with van der Waals surface area (Å²) in [5, 5.41) is 9.64. The summed E-state index contributed by atoms with van der Waals surface area (Å²) in [7, 11) is 0. The number of hydrogen-bond acceptors (Lipinski definition) is 1. The molecule has 0 atom stereocenters. The van der Waals surface area contributed by atoms with Gasteiger partial charge in [0.15, 0.2) is 0 Å². The molecule has 1 aromatic carbocycles. The third kappa shape index (κ3) is 2.07. The van der Waals surface area contributed by atoms with E-state index in [1.54, 1.807) is 0 Å². The molecule has 1 aromatic rings. The van der Waals surface area contributed by atoms with Gasteiger partial charge in [-0.25, -0.2) is 4.39 Å². The molecule has 0 spiro atoms. The van der Waals surface area contributed by atoms with Gasteiger partial charge < -0.3 is 5.11 Å². The van der Waals surface area contributed by atoms with Gasteiger partial charge in [0.2, 0.25) is 0 Å². The molecule has 1 aliphatic rings. The summed E-state index contributed by atoms with van der Waals surface area (Å²) in [5.74, 6) is -0.209. The number of aryl methyl sites for hydroxylation is 1. The summed E-state index contributed by atoms with van der Waals surface area (Å²) >= 11 is 0. The molecule has 1 fully saturated rings. The van der Waals surface area contributed by atoms with Crippen molar-refractivity contribution in [3.05, 3.63) is 35.1 Å². The second-order valence-electron chi connectivity index (χ2n) is 4.04. The zero-order valence-electron chi connectivity index (χ0n) is 7.68. The van der Waals surface area contributed by atoms with E-state index in [0.29, 0.717) is 6.42 Å². The average Bonchev–Trinajstić information content (AvgIpc) is 2.64. The smallest absolute Gasteiger partial charge is 0.123 e. The second kappa shape index (κ2) is 2.81. The summed E-state index contributed by atoms with van der Waals surface area (Å²) in [6.45, 7) is 1.86. The zero-order chi connectivity index (χ0) is 9.47. The number of halogens is 1. The fraction of sp³-hybridized carbons (Fsp3) is 0.455. The molecule has 1 nitrogen and oxygen atoms in total. The standard InChI is InChI=1S/C11H13FO/c1-8-4-9(6-10(12)5-8)7-11(13)2-3-11/h4-6,13H,2-3,7H2,1H3. The van der Waals surface area contributed by atoms with Crippen LogP contribution in [0.1, 0.15) is 24.0 Å². The van der Waals surface area contributed by atoms with Crippen LogP contribution in [0.15, 0.2) is 18.2 Å². The van der Waals surface area contributed by atoms with Gasteiger partial charge in [0.25, 0.3) is 0 Å². The topological polar surface area (TPSA) is 20.2 Å². The third-order valence-corrected chi connectivity index (χ3v) is 2.46. The highest BCUT2D eigenvalue weighted by Crippen LogP contribution is 2.38. The summed E-state index contributed by atoms with van der Waals surface area (Å²) < 4.78 is 12.9. The van der Waals surface area contributed by atoms with Crippen molar-refractivity contribution in [3.63, 3.8) is 0 Å². The first kappa shape index (κ1) is 8.70. The van der Waals surface area contributed by atoms with Crippen LogP contribution in [0.25, 0.3) is 0 Å². The Morgan fingerprint density at radius 2 is 2.08 bits per heavy atom. The maximum atomic E-state index is 12.9. The fourth-order valence-electron chi connectivity index (χ4n) is 1.62. The molecule has 70 valence electrons. The van der Waals surface area contributed by atoms with Crippen molar-refractivity contribution < 1.29 is 9.50 Å². The van der Waals surface area contributed by atoms with E-state index >= 15 is 0 Å². The Morgan fingerprint density at radius 1 is 1.38 bits per heavy atom. The van der Waals surface area contributed by atoms with E-state index in [0.717, 1.165) is 24.0 Å². The van der Waals surface area contributed by atoms with Crippen LogP contribution in [0, 0.1) is 12.7 Å². The van der Waals surface area contributed by atoms with Gasteiger partial charge in [-0.15, -0.1) is 0 Å². The van der Waals surface area contributed by atoms with Crippen molar-refractivity contribution in [1.29, 1.82) is 0 Å². The molecular weight excluding hydrogens is 167 g/mol. The van der Waals surface area contributed by atoms with Crippen molar-refractivity contribution in [2.24, 2.45) is 0 Å². The minimum Gasteiger partial charge on any atom is -0.390 e. The lowest BCUT2D eigenvalue weighted by Gasteiger charge is -2.08. The molecule has 2 heteroatoms. The van der Waals surface area contributed by atoms with Crippen LogP contribution in [0.5, 0.6) is 0 Å². The van der Waals surface area contributed by atoms with E-state index in [4.69, 9.17) is 0 Å². The minimum atomic E-state index is -0.528. The summed E-state index contributed by atoms with van der Waals surface area (Å²) in [6.07, 6.45) is 2.29. The van der Waals surface area contributed by atoms with Crippen LogP contribution in [0.2, 0.25) is 0 Å². The quantitative estimate of drug-likeness (QED) is 0.739. The highest BCUT2D eigenvalue weighted by Gasteiger charge is 2.40. The van der Waals surface area contributed by atoms with Crippen LogP contribution in [-0.2, 0) is 6.42 Å².